The number of thiophene rings is 1. The van der Waals surface area contributed by atoms with Crippen molar-refractivity contribution >= 4 is 60.7 Å². The largest absolute Gasteiger partial charge is 0.461 e. The van der Waals surface area contributed by atoms with Crippen LogP contribution in [-0.4, -0.2) is 33.2 Å². The maximum Gasteiger partial charge on any atom is 0.263 e. The second-order valence-electron chi connectivity index (χ2n) is 7.44. The fraction of sp³-hybridized carbons (Fsp3) is 0.217. The zero-order valence-electron chi connectivity index (χ0n) is 18.0. The Morgan fingerprint density at radius 1 is 1.24 bits per heavy atom. The maximum atomic E-state index is 12.9. The summed E-state index contributed by atoms with van der Waals surface area (Å²) in [6.45, 7) is 3.94. The number of hydrogen-bond acceptors (Lipinski definition) is 7. The number of benzene rings is 1. The van der Waals surface area contributed by atoms with Crippen LogP contribution in [0.15, 0.2) is 47.1 Å². The topological polar surface area (TPSA) is 123 Å². The molecule has 1 aromatic carbocycles. The van der Waals surface area contributed by atoms with E-state index in [0.717, 1.165) is 12.0 Å². The van der Waals surface area contributed by atoms with Crippen molar-refractivity contribution < 1.29 is 14.0 Å². The molecule has 0 spiro atoms. The Morgan fingerprint density at radius 3 is 2.76 bits per heavy atom. The van der Waals surface area contributed by atoms with E-state index in [1.54, 1.807) is 24.5 Å². The summed E-state index contributed by atoms with van der Waals surface area (Å²) in [5.41, 5.74) is 8.69. The third kappa shape index (κ3) is 4.76. The average Bonchev–Trinajstić information content (AvgIpc) is 3.47. The highest BCUT2D eigenvalue weighted by atomic mass is 79.9. The van der Waals surface area contributed by atoms with Gasteiger partial charge in [0.15, 0.2) is 11.6 Å². The van der Waals surface area contributed by atoms with E-state index < -0.39 is 0 Å². The fourth-order valence-corrected chi connectivity index (χ4v) is 4.38. The summed E-state index contributed by atoms with van der Waals surface area (Å²) >= 11 is 4.37. The number of carbonyl (C=O) groups excluding carboxylic acids is 2. The van der Waals surface area contributed by atoms with E-state index in [4.69, 9.17) is 15.1 Å². The number of fused-ring (bicyclic) bond motifs is 1. The van der Waals surface area contributed by atoms with Gasteiger partial charge in [-0.05, 0) is 37.6 Å². The number of nitrogen functional groups attached to an aromatic ring is 1. The minimum Gasteiger partial charge on any atom is -0.461 e. The molecule has 170 valence electrons. The van der Waals surface area contributed by atoms with Gasteiger partial charge in [-0.15, -0.1) is 11.3 Å². The third-order valence-electron chi connectivity index (χ3n) is 5.07. The van der Waals surface area contributed by atoms with Gasteiger partial charge in [0, 0.05) is 17.3 Å². The highest BCUT2D eigenvalue weighted by molar-refractivity contribution is 9.09. The van der Waals surface area contributed by atoms with Crippen LogP contribution < -0.4 is 16.4 Å². The molecule has 0 bridgehead atoms. The van der Waals surface area contributed by atoms with Crippen molar-refractivity contribution in [1.29, 1.82) is 0 Å². The summed E-state index contributed by atoms with van der Waals surface area (Å²) in [6.07, 6.45) is 2.35. The molecule has 0 aliphatic heterocycles. The number of hydrogen-bond donors (Lipinski definition) is 3. The first kappa shape index (κ1) is 22.9. The molecule has 1 unspecified atom stereocenters. The van der Waals surface area contributed by atoms with Gasteiger partial charge in [0.05, 0.1) is 28.4 Å². The molecule has 0 fully saturated rings. The molecule has 4 aromatic rings. The summed E-state index contributed by atoms with van der Waals surface area (Å²) in [7, 11) is 0. The Hall–Kier alpha value is -3.24. The number of furan rings is 1. The minimum atomic E-state index is -0.242. The standard InChI is InChI=1S/C23H22BrN5O3S/c1-3-12(2)26-22(31)20-18(25)17-19(13-6-4-7-14(10-13)27-16(30)11-24)28-21(29-23(17)33-20)15-8-5-9-32-15/h4-10,12H,3,11,25H2,1-2H3,(H,26,31)(H,27,30). The molecule has 33 heavy (non-hydrogen) atoms. The van der Waals surface area contributed by atoms with Crippen LogP contribution in [0.25, 0.3) is 33.1 Å². The number of nitrogens with two attached hydrogens (primary N) is 1. The lowest BCUT2D eigenvalue weighted by atomic mass is 10.1. The Bertz CT molecular complexity index is 1320. The van der Waals surface area contributed by atoms with Crippen LogP contribution in [-0.2, 0) is 4.79 Å². The van der Waals surface area contributed by atoms with E-state index in [-0.39, 0.29) is 23.2 Å². The number of nitrogens with zero attached hydrogens (tertiary/aromatic N) is 2. The second-order valence-corrected chi connectivity index (χ2v) is 9.00. The van der Waals surface area contributed by atoms with Crippen molar-refractivity contribution in [3.05, 3.63) is 47.5 Å². The third-order valence-corrected chi connectivity index (χ3v) is 6.67. The molecule has 4 N–H and O–H groups in total. The molecule has 0 radical (unpaired) electrons. The lowest BCUT2D eigenvalue weighted by Gasteiger charge is -2.11. The number of aromatic nitrogens is 2. The van der Waals surface area contributed by atoms with Gasteiger partial charge < -0.3 is 20.8 Å². The van der Waals surface area contributed by atoms with Gasteiger partial charge in [0.1, 0.15) is 9.71 Å². The number of halogens is 1. The number of nitrogens with one attached hydrogen (secondary N) is 2. The Labute approximate surface area is 202 Å². The van der Waals surface area contributed by atoms with E-state index >= 15 is 0 Å². The highest BCUT2D eigenvalue weighted by Gasteiger charge is 2.24. The first-order chi connectivity index (χ1) is 15.9. The zero-order valence-corrected chi connectivity index (χ0v) is 20.4. The summed E-state index contributed by atoms with van der Waals surface area (Å²) in [5.74, 6) is 0.469. The number of rotatable bonds is 7. The minimum absolute atomic E-state index is 0.0149. The monoisotopic (exact) mass is 527 g/mol. The number of amides is 2. The predicted octanol–water partition coefficient (Wildman–Crippen LogP) is 5.06. The molecule has 0 aliphatic carbocycles. The molecule has 0 saturated carbocycles. The van der Waals surface area contributed by atoms with Crippen molar-refractivity contribution in [2.45, 2.75) is 26.3 Å². The molecule has 8 nitrogen and oxygen atoms in total. The molecule has 1 atom stereocenters. The Kier molecular flexibility index (Phi) is 6.75. The molecule has 4 rings (SSSR count). The predicted molar refractivity (Wildman–Crippen MR) is 135 cm³/mol. The average molecular weight is 528 g/mol. The van der Waals surface area contributed by atoms with Gasteiger partial charge in [0.2, 0.25) is 5.91 Å². The summed E-state index contributed by atoms with van der Waals surface area (Å²) in [6, 6.07) is 10.8. The van der Waals surface area contributed by atoms with Gasteiger partial charge in [0.25, 0.3) is 5.91 Å². The first-order valence-corrected chi connectivity index (χ1v) is 12.3. The summed E-state index contributed by atoms with van der Waals surface area (Å²) in [4.78, 5) is 35.0. The summed E-state index contributed by atoms with van der Waals surface area (Å²) in [5, 5.41) is 6.55. The van der Waals surface area contributed by atoms with E-state index in [1.165, 1.54) is 11.3 Å². The molecular formula is C23H22BrN5O3S. The van der Waals surface area contributed by atoms with E-state index in [0.29, 0.717) is 43.7 Å². The van der Waals surface area contributed by atoms with Crippen LogP contribution in [0.4, 0.5) is 11.4 Å². The number of anilines is 2. The van der Waals surface area contributed by atoms with Crippen molar-refractivity contribution in [2.24, 2.45) is 0 Å². The molecule has 3 aromatic heterocycles. The van der Waals surface area contributed by atoms with Crippen molar-refractivity contribution in [3.8, 4) is 22.8 Å². The van der Waals surface area contributed by atoms with Crippen LogP contribution >= 0.6 is 27.3 Å². The van der Waals surface area contributed by atoms with Crippen LogP contribution in [0.1, 0.15) is 29.9 Å². The van der Waals surface area contributed by atoms with Gasteiger partial charge in [-0.3, -0.25) is 9.59 Å². The van der Waals surface area contributed by atoms with Gasteiger partial charge in [-0.25, -0.2) is 9.97 Å². The molecule has 0 aliphatic rings. The normalized spacial score (nSPS) is 12.0. The molecule has 2 amide bonds. The van der Waals surface area contributed by atoms with Gasteiger partial charge >= 0.3 is 0 Å². The van der Waals surface area contributed by atoms with Crippen LogP contribution in [0.3, 0.4) is 0 Å². The maximum absolute atomic E-state index is 12.9. The van der Waals surface area contributed by atoms with E-state index in [9.17, 15) is 9.59 Å². The smallest absolute Gasteiger partial charge is 0.263 e. The molecular weight excluding hydrogens is 506 g/mol. The van der Waals surface area contributed by atoms with Gasteiger partial charge in [-0.1, -0.05) is 35.0 Å². The van der Waals surface area contributed by atoms with E-state index in [1.807, 2.05) is 32.0 Å². The Balaban J connectivity index is 1.89. The van der Waals surface area contributed by atoms with Crippen LogP contribution in [0.5, 0.6) is 0 Å². The van der Waals surface area contributed by atoms with Crippen LogP contribution in [0, 0.1) is 0 Å². The van der Waals surface area contributed by atoms with Gasteiger partial charge in [-0.2, -0.15) is 0 Å². The van der Waals surface area contributed by atoms with E-state index in [2.05, 4.69) is 31.5 Å². The number of alkyl halides is 1. The lowest BCUT2D eigenvalue weighted by Crippen LogP contribution is -2.31. The molecule has 0 saturated heterocycles. The van der Waals surface area contributed by atoms with Crippen molar-refractivity contribution in [1.82, 2.24) is 15.3 Å². The lowest BCUT2D eigenvalue weighted by molar-refractivity contribution is -0.113. The fourth-order valence-electron chi connectivity index (χ4n) is 3.25. The van der Waals surface area contributed by atoms with Crippen LogP contribution in [0.2, 0.25) is 0 Å². The second kappa shape index (κ2) is 9.72. The quantitative estimate of drug-likeness (QED) is 0.288. The van der Waals surface area contributed by atoms with Crippen molar-refractivity contribution in [3.63, 3.8) is 0 Å². The summed E-state index contributed by atoms with van der Waals surface area (Å²) < 4.78 is 5.51. The molecule has 10 heteroatoms. The Morgan fingerprint density at radius 2 is 2.06 bits per heavy atom. The zero-order chi connectivity index (χ0) is 23.5. The highest BCUT2D eigenvalue weighted by Crippen LogP contribution is 2.40. The number of carbonyl (C=O) groups is 2. The molecule has 3 heterocycles. The van der Waals surface area contributed by atoms with Crippen molar-refractivity contribution in [2.75, 3.05) is 16.4 Å². The SMILES string of the molecule is CCC(C)NC(=O)c1sc2nc(-c3ccco3)nc(-c3cccc(NC(=O)CBr)c3)c2c1N. The first-order valence-electron chi connectivity index (χ1n) is 10.3.